The second kappa shape index (κ2) is 6.91. The summed E-state index contributed by atoms with van der Waals surface area (Å²) in [5, 5.41) is 19.2. The highest BCUT2D eigenvalue weighted by Gasteiger charge is 2.18. The fraction of sp³-hybridized carbons (Fsp3) is 0.625. The quantitative estimate of drug-likeness (QED) is 0.581. The zero-order valence-electron chi connectivity index (χ0n) is 12.6. The number of hydrogen-bond donors (Lipinski definition) is 2. The molecule has 2 N–H and O–H groups in total. The molecule has 2 heteroatoms. The molecular formula is C16H28O2. The lowest BCUT2D eigenvalue weighted by Crippen LogP contribution is -2.22. The first-order valence-corrected chi connectivity index (χ1v) is 6.42. The molecule has 0 radical (unpaired) electrons. The van der Waals surface area contributed by atoms with Crippen LogP contribution in [-0.4, -0.2) is 22.9 Å². The molecule has 0 spiro atoms. The molecule has 104 valence electrons. The van der Waals surface area contributed by atoms with Crippen LogP contribution < -0.4 is 0 Å². The molecule has 0 aromatic heterocycles. The van der Waals surface area contributed by atoms with Gasteiger partial charge in [-0.3, -0.25) is 0 Å². The van der Waals surface area contributed by atoms with Crippen LogP contribution in [0.4, 0.5) is 0 Å². The lowest BCUT2D eigenvalue weighted by molar-refractivity contribution is 0.159. The average Bonchev–Trinajstić information content (AvgIpc) is 2.22. The van der Waals surface area contributed by atoms with Crippen LogP contribution in [0.3, 0.4) is 0 Å². The molecule has 0 aromatic carbocycles. The van der Waals surface area contributed by atoms with E-state index in [1.165, 1.54) is 0 Å². The van der Waals surface area contributed by atoms with E-state index in [9.17, 15) is 5.11 Å². The predicted molar refractivity (Wildman–Crippen MR) is 78.4 cm³/mol. The fourth-order valence-electron chi connectivity index (χ4n) is 1.93. The molecule has 0 bridgehead atoms. The molecule has 0 saturated carbocycles. The van der Waals surface area contributed by atoms with E-state index >= 15 is 0 Å². The van der Waals surface area contributed by atoms with E-state index in [4.69, 9.17) is 5.11 Å². The Morgan fingerprint density at radius 3 is 2.17 bits per heavy atom. The van der Waals surface area contributed by atoms with Crippen LogP contribution in [0.15, 0.2) is 35.5 Å². The predicted octanol–water partition coefficient (Wildman–Crippen LogP) is 3.47. The third-order valence-corrected chi connectivity index (χ3v) is 2.90. The maximum atomic E-state index is 10.2. The third kappa shape index (κ3) is 6.18. The first-order valence-electron chi connectivity index (χ1n) is 6.42. The minimum Gasteiger partial charge on any atom is -0.392 e. The molecule has 0 unspecified atom stereocenters. The first-order chi connectivity index (χ1) is 8.08. The summed E-state index contributed by atoms with van der Waals surface area (Å²) in [6, 6.07) is 0. The topological polar surface area (TPSA) is 40.5 Å². The monoisotopic (exact) mass is 252 g/mol. The van der Waals surface area contributed by atoms with Crippen molar-refractivity contribution in [2.24, 2.45) is 11.3 Å². The van der Waals surface area contributed by atoms with Gasteiger partial charge >= 0.3 is 0 Å². The van der Waals surface area contributed by atoms with Gasteiger partial charge in [0.15, 0.2) is 0 Å². The first kappa shape index (κ1) is 17.1. The molecule has 0 aliphatic carbocycles. The minimum absolute atomic E-state index is 0.0810. The molecule has 0 aliphatic heterocycles. The van der Waals surface area contributed by atoms with Gasteiger partial charge in [0.1, 0.15) is 0 Å². The molecular weight excluding hydrogens is 224 g/mol. The zero-order chi connectivity index (χ0) is 14.5. The molecule has 0 amide bonds. The summed E-state index contributed by atoms with van der Waals surface area (Å²) in [6.07, 6.45) is 3.58. The minimum atomic E-state index is -0.590. The number of aliphatic hydroxyl groups excluding tert-OH is 2. The van der Waals surface area contributed by atoms with Gasteiger partial charge in [-0.05, 0) is 30.4 Å². The number of allylic oxidation sites excluding steroid dienone is 3. The van der Waals surface area contributed by atoms with Crippen LogP contribution in [0.5, 0.6) is 0 Å². The van der Waals surface area contributed by atoms with Gasteiger partial charge < -0.3 is 10.2 Å². The van der Waals surface area contributed by atoms with E-state index in [1.807, 2.05) is 26.8 Å². The SMILES string of the molecule is C=C(CO)[C@@H](C)[C@@H](O)/C(C)=C/C(C)=C/C(C)(C)C. The van der Waals surface area contributed by atoms with Crippen LogP contribution in [0.2, 0.25) is 0 Å². The van der Waals surface area contributed by atoms with Gasteiger partial charge in [-0.1, -0.05) is 52.0 Å². The summed E-state index contributed by atoms with van der Waals surface area (Å²) >= 11 is 0. The van der Waals surface area contributed by atoms with E-state index in [0.717, 1.165) is 11.1 Å². The van der Waals surface area contributed by atoms with Crippen LogP contribution in [0, 0.1) is 11.3 Å². The molecule has 2 nitrogen and oxygen atoms in total. The second-order valence-corrected chi connectivity index (χ2v) is 6.19. The molecule has 0 heterocycles. The Morgan fingerprint density at radius 1 is 1.28 bits per heavy atom. The van der Waals surface area contributed by atoms with Crippen molar-refractivity contribution in [3.05, 3.63) is 35.5 Å². The van der Waals surface area contributed by atoms with Gasteiger partial charge in [0.2, 0.25) is 0 Å². The number of aliphatic hydroxyl groups is 2. The number of rotatable bonds is 5. The van der Waals surface area contributed by atoms with E-state index < -0.39 is 6.10 Å². The largest absolute Gasteiger partial charge is 0.392 e. The van der Waals surface area contributed by atoms with Gasteiger partial charge in [-0.2, -0.15) is 0 Å². The van der Waals surface area contributed by atoms with Gasteiger partial charge in [-0.15, -0.1) is 0 Å². The van der Waals surface area contributed by atoms with Crippen molar-refractivity contribution in [3.63, 3.8) is 0 Å². The Labute approximate surface area is 112 Å². The molecule has 0 fully saturated rings. The van der Waals surface area contributed by atoms with Crippen molar-refractivity contribution >= 4 is 0 Å². The van der Waals surface area contributed by atoms with Gasteiger partial charge in [-0.25, -0.2) is 0 Å². The molecule has 0 aliphatic rings. The van der Waals surface area contributed by atoms with E-state index in [0.29, 0.717) is 5.57 Å². The van der Waals surface area contributed by atoms with Crippen molar-refractivity contribution in [1.29, 1.82) is 0 Å². The van der Waals surface area contributed by atoms with E-state index in [1.54, 1.807) is 0 Å². The number of hydrogen-bond acceptors (Lipinski definition) is 2. The zero-order valence-corrected chi connectivity index (χ0v) is 12.6. The standard InChI is InChI=1S/C16H28O2/c1-11(9-16(5,6)7)8-12(2)15(18)14(4)13(3)10-17/h8-9,14-15,17-18H,3,10H2,1-2,4-7H3/b11-9+,12-8+/t14-,15+/m1/s1. The normalized spacial score (nSPS) is 17.6. The Bertz CT molecular complexity index is 343. The van der Waals surface area contributed by atoms with Gasteiger partial charge in [0.05, 0.1) is 12.7 Å². The lowest BCUT2D eigenvalue weighted by Gasteiger charge is -2.21. The van der Waals surface area contributed by atoms with Crippen molar-refractivity contribution in [3.8, 4) is 0 Å². The Balaban J connectivity index is 4.89. The summed E-state index contributed by atoms with van der Waals surface area (Å²) in [5.74, 6) is -0.131. The smallest absolute Gasteiger partial charge is 0.0813 e. The maximum absolute atomic E-state index is 10.2. The van der Waals surface area contributed by atoms with Crippen molar-refractivity contribution < 1.29 is 10.2 Å². The van der Waals surface area contributed by atoms with Crippen LogP contribution in [0.25, 0.3) is 0 Å². The van der Waals surface area contributed by atoms with Crippen LogP contribution >= 0.6 is 0 Å². The molecule has 2 atom stereocenters. The highest BCUT2D eigenvalue weighted by Crippen LogP contribution is 2.22. The van der Waals surface area contributed by atoms with Crippen LogP contribution in [0.1, 0.15) is 41.5 Å². The average molecular weight is 252 g/mol. The van der Waals surface area contributed by atoms with E-state index in [2.05, 4.69) is 33.4 Å². The highest BCUT2D eigenvalue weighted by molar-refractivity contribution is 5.26. The van der Waals surface area contributed by atoms with Crippen molar-refractivity contribution in [2.75, 3.05) is 6.61 Å². The molecule has 0 rings (SSSR count). The fourth-order valence-corrected chi connectivity index (χ4v) is 1.93. The summed E-state index contributed by atoms with van der Waals surface area (Å²) in [5.41, 5.74) is 2.83. The highest BCUT2D eigenvalue weighted by atomic mass is 16.3. The summed E-state index contributed by atoms with van der Waals surface area (Å²) in [6.45, 7) is 15.9. The van der Waals surface area contributed by atoms with Gasteiger partial charge in [0.25, 0.3) is 0 Å². The summed E-state index contributed by atoms with van der Waals surface area (Å²) in [4.78, 5) is 0. The van der Waals surface area contributed by atoms with Crippen molar-refractivity contribution in [2.45, 2.75) is 47.6 Å². The van der Waals surface area contributed by atoms with Gasteiger partial charge in [0, 0.05) is 5.92 Å². The maximum Gasteiger partial charge on any atom is 0.0813 e. The summed E-state index contributed by atoms with van der Waals surface area (Å²) in [7, 11) is 0. The Kier molecular flexibility index (Phi) is 6.58. The van der Waals surface area contributed by atoms with Crippen LogP contribution in [-0.2, 0) is 0 Å². The Morgan fingerprint density at radius 2 is 1.78 bits per heavy atom. The second-order valence-electron chi connectivity index (χ2n) is 6.19. The third-order valence-electron chi connectivity index (χ3n) is 2.90. The van der Waals surface area contributed by atoms with Crippen molar-refractivity contribution in [1.82, 2.24) is 0 Å². The molecule has 0 aromatic rings. The van der Waals surface area contributed by atoms with E-state index in [-0.39, 0.29) is 17.9 Å². The summed E-state index contributed by atoms with van der Waals surface area (Å²) < 4.78 is 0. The lowest BCUT2D eigenvalue weighted by atomic mass is 9.89. The molecule has 18 heavy (non-hydrogen) atoms. The Hall–Kier alpha value is -0.860. The molecule has 0 saturated heterocycles.